The third kappa shape index (κ3) is 4.61. The van der Waals surface area contributed by atoms with Crippen LogP contribution in [0, 0.1) is 0 Å². The highest BCUT2D eigenvalue weighted by molar-refractivity contribution is 9.11. The first-order chi connectivity index (χ1) is 13.0. The molecule has 3 aromatic carbocycles. The van der Waals surface area contributed by atoms with Crippen molar-refractivity contribution in [3.05, 3.63) is 74.7 Å². The minimum absolute atomic E-state index is 0.294. The van der Waals surface area contributed by atoms with Crippen LogP contribution >= 0.6 is 31.9 Å². The van der Waals surface area contributed by atoms with Crippen LogP contribution in [0.1, 0.15) is 22.8 Å². The topological polar surface area (TPSA) is 67.8 Å². The second-order valence-electron chi connectivity index (χ2n) is 5.63. The van der Waals surface area contributed by atoms with Gasteiger partial charge in [0, 0.05) is 12.5 Å². The third-order valence-corrected chi connectivity index (χ3v) is 4.86. The summed E-state index contributed by atoms with van der Waals surface area (Å²) in [6.07, 6.45) is 1.51. The lowest BCUT2D eigenvalue weighted by Gasteiger charge is -2.08. The summed E-state index contributed by atoms with van der Waals surface area (Å²) in [5.74, 6) is -0.322. The van der Waals surface area contributed by atoms with Gasteiger partial charge in [0.05, 0.1) is 15.2 Å². The molecule has 0 unspecified atom stereocenters. The Labute approximate surface area is 172 Å². The van der Waals surface area contributed by atoms with E-state index in [0.717, 1.165) is 10.8 Å². The van der Waals surface area contributed by atoms with E-state index in [1.165, 1.54) is 13.1 Å². The summed E-state index contributed by atoms with van der Waals surface area (Å²) in [5.41, 5.74) is 3.80. The van der Waals surface area contributed by atoms with E-state index >= 15 is 0 Å². The van der Waals surface area contributed by atoms with Crippen LogP contribution in [-0.4, -0.2) is 18.1 Å². The third-order valence-electron chi connectivity index (χ3n) is 3.68. The van der Waals surface area contributed by atoms with Gasteiger partial charge in [-0.15, -0.1) is 0 Å². The number of benzene rings is 3. The Morgan fingerprint density at radius 2 is 1.70 bits per heavy atom. The molecule has 0 heterocycles. The van der Waals surface area contributed by atoms with Gasteiger partial charge >= 0.3 is 5.97 Å². The average Bonchev–Trinajstić information content (AvgIpc) is 2.64. The summed E-state index contributed by atoms with van der Waals surface area (Å²) in [6, 6.07) is 16.7. The predicted octanol–water partition coefficient (Wildman–Crippen LogP) is 5.05. The van der Waals surface area contributed by atoms with Gasteiger partial charge in [-0.1, -0.05) is 36.4 Å². The second kappa shape index (κ2) is 8.45. The molecule has 0 saturated carbocycles. The van der Waals surface area contributed by atoms with E-state index in [4.69, 9.17) is 4.74 Å². The Hall–Kier alpha value is -2.51. The van der Waals surface area contributed by atoms with Crippen LogP contribution in [0.5, 0.6) is 5.75 Å². The smallest absolute Gasteiger partial charge is 0.308 e. The molecule has 0 radical (unpaired) electrons. The number of nitrogens with one attached hydrogen (secondary N) is 1. The molecule has 136 valence electrons. The average molecular weight is 490 g/mol. The van der Waals surface area contributed by atoms with Crippen LogP contribution in [0.3, 0.4) is 0 Å². The fourth-order valence-electron chi connectivity index (χ4n) is 2.54. The minimum atomic E-state index is -0.417. The van der Waals surface area contributed by atoms with Crippen LogP contribution in [0.2, 0.25) is 0 Å². The van der Waals surface area contributed by atoms with Crippen molar-refractivity contribution in [3.63, 3.8) is 0 Å². The number of carbonyl (C=O) groups is 2. The summed E-state index contributed by atoms with van der Waals surface area (Å²) in [6.45, 7) is 1.33. The van der Waals surface area contributed by atoms with Crippen molar-refractivity contribution >= 4 is 60.7 Å². The maximum atomic E-state index is 12.5. The fourth-order valence-corrected chi connectivity index (χ4v) is 3.93. The molecule has 5 nitrogen and oxygen atoms in total. The first-order valence-corrected chi connectivity index (χ1v) is 9.53. The van der Waals surface area contributed by atoms with E-state index in [0.29, 0.717) is 25.8 Å². The van der Waals surface area contributed by atoms with Gasteiger partial charge in [-0.25, -0.2) is 5.43 Å². The summed E-state index contributed by atoms with van der Waals surface area (Å²) in [7, 11) is 0. The summed E-state index contributed by atoms with van der Waals surface area (Å²) in [4.78, 5) is 23.6. The van der Waals surface area contributed by atoms with Crippen LogP contribution in [0.15, 0.2) is 68.6 Å². The van der Waals surface area contributed by atoms with Crippen LogP contribution in [0.25, 0.3) is 10.8 Å². The normalized spacial score (nSPS) is 10.9. The van der Waals surface area contributed by atoms with E-state index in [1.54, 1.807) is 18.2 Å². The predicted molar refractivity (Wildman–Crippen MR) is 112 cm³/mol. The number of nitrogens with zero attached hydrogens (tertiary/aromatic N) is 1. The van der Waals surface area contributed by atoms with E-state index in [9.17, 15) is 9.59 Å². The number of hydrogen-bond acceptors (Lipinski definition) is 4. The van der Waals surface area contributed by atoms with E-state index in [2.05, 4.69) is 42.4 Å². The maximum absolute atomic E-state index is 12.5. The monoisotopic (exact) mass is 488 g/mol. The lowest BCUT2D eigenvalue weighted by molar-refractivity contribution is -0.131. The fraction of sp³-hybridized carbons (Fsp3) is 0.0500. The Balaban J connectivity index is 1.77. The number of hydrogen-bond donors (Lipinski definition) is 1. The van der Waals surface area contributed by atoms with Crippen LogP contribution in [-0.2, 0) is 4.79 Å². The molecule has 1 amide bonds. The molecule has 0 aliphatic rings. The van der Waals surface area contributed by atoms with Crippen molar-refractivity contribution in [1.82, 2.24) is 5.43 Å². The largest absolute Gasteiger partial charge is 0.424 e. The molecule has 3 aromatic rings. The molecule has 7 heteroatoms. The van der Waals surface area contributed by atoms with Gasteiger partial charge in [-0.2, -0.15) is 5.10 Å². The molecule has 27 heavy (non-hydrogen) atoms. The first kappa shape index (κ1) is 19.3. The van der Waals surface area contributed by atoms with Crippen molar-refractivity contribution in [2.75, 3.05) is 0 Å². The SMILES string of the molecule is CC(=O)Oc1c(Br)cc(/C=N\NC(=O)c2cccc3ccccc23)cc1Br. The lowest BCUT2D eigenvalue weighted by atomic mass is 10.0. The quantitative estimate of drug-likeness (QED) is 0.241. The number of esters is 1. The van der Waals surface area contributed by atoms with E-state index in [-0.39, 0.29) is 5.91 Å². The Bertz CT molecular complexity index is 1040. The zero-order valence-corrected chi connectivity index (χ0v) is 17.4. The van der Waals surface area contributed by atoms with Crippen molar-refractivity contribution in [2.45, 2.75) is 6.92 Å². The second-order valence-corrected chi connectivity index (χ2v) is 7.34. The van der Waals surface area contributed by atoms with Gasteiger partial charge in [0.1, 0.15) is 0 Å². The Morgan fingerprint density at radius 1 is 1.04 bits per heavy atom. The molecule has 0 spiro atoms. The number of amides is 1. The van der Waals surface area contributed by atoms with Gasteiger partial charge in [-0.3, -0.25) is 9.59 Å². The van der Waals surface area contributed by atoms with Crippen LogP contribution < -0.4 is 10.2 Å². The molecule has 0 aromatic heterocycles. The number of fused-ring (bicyclic) bond motifs is 1. The number of halogens is 2. The molecule has 0 aliphatic heterocycles. The Morgan fingerprint density at radius 3 is 2.41 bits per heavy atom. The molecular formula is C20H14Br2N2O3. The Kier molecular flexibility index (Phi) is 6.03. The standard InChI is InChI=1S/C20H14Br2N2O3/c1-12(25)27-19-17(21)9-13(10-18(19)22)11-23-24-20(26)16-8-4-6-14-5-2-3-7-15(14)16/h2-11H,1H3,(H,24,26)/b23-11-. The maximum Gasteiger partial charge on any atom is 0.308 e. The van der Waals surface area contributed by atoms with Crippen molar-refractivity contribution in [3.8, 4) is 5.75 Å². The summed E-state index contributed by atoms with van der Waals surface area (Å²) < 4.78 is 6.31. The molecule has 0 saturated heterocycles. The van der Waals surface area contributed by atoms with Crippen LogP contribution in [0.4, 0.5) is 0 Å². The number of hydrazone groups is 1. The van der Waals surface area contributed by atoms with Gasteiger partial charge < -0.3 is 4.74 Å². The number of rotatable bonds is 4. The minimum Gasteiger partial charge on any atom is -0.424 e. The highest BCUT2D eigenvalue weighted by Gasteiger charge is 2.11. The van der Waals surface area contributed by atoms with Gasteiger partial charge in [0.2, 0.25) is 0 Å². The van der Waals surface area contributed by atoms with Gasteiger partial charge in [0.25, 0.3) is 5.91 Å². The molecule has 0 fully saturated rings. The number of ether oxygens (including phenoxy) is 1. The highest BCUT2D eigenvalue weighted by atomic mass is 79.9. The summed E-state index contributed by atoms with van der Waals surface area (Å²) >= 11 is 6.71. The van der Waals surface area contributed by atoms with Gasteiger partial charge in [0.15, 0.2) is 5.75 Å². The summed E-state index contributed by atoms with van der Waals surface area (Å²) in [5, 5.41) is 5.88. The zero-order valence-electron chi connectivity index (χ0n) is 14.2. The molecule has 0 aliphatic carbocycles. The van der Waals surface area contributed by atoms with E-state index < -0.39 is 5.97 Å². The highest BCUT2D eigenvalue weighted by Crippen LogP contribution is 2.34. The van der Waals surface area contributed by atoms with E-state index in [1.807, 2.05) is 36.4 Å². The lowest BCUT2D eigenvalue weighted by Crippen LogP contribution is -2.17. The molecular weight excluding hydrogens is 476 g/mol. The van der Waals surface area contributed by atoms with Crippen molar-refractivity contribution < 1.29 is 14.3 Å². The molecule has 1 N–H and O–H groups in total. The molecule has 0 atom stereocenters. The first-order valence-electron chi connectivity index (χ1n) is 7.94. The molecule has 3 rings (SSSR count). The van der Waals surface area contributed by atoms with Crippen molar-refractivity contribution in [1.29, 1.82) is 0 Å². The zero-order chi connectivity index (χ0) is 19.4. The number of carbonyl (C=O) groups excluding carboxylic acids is 2. The molecule has 0 bridgehead atoms. The van der Waals surface area contributed by atoms with Gasteiger partial charge in [-0.05, 0) is 66.4 Å². The van der Waals surface area contributed by atoms with Crippen molar-refractivity contribution in [2.24, 2.45) is 5.10 Å².